The van der Waals surface area contributed by atoms with E-state index in [0.29, 0.717) is 12.1 Å². The smallest absolute Gasteiger partial charge is 0.267 e. The van der Waals surface area contributed by atoms with Crippen LogP contribution < -0.4 is 5.43 Å². The molecule has 0 aliphatic carbocycles. The van der Waals surface area contributed by atoms with E-state index in [-0.39, 0.29) is 5.56 Å². The van der Waals surface area contributed by atoms with Crippen LogP contribution in [0.1, 0.15) is 29.3 Å². The lowest BCUT2D eigenvalue weighted by molar-refractivity contribution is 0.0951. The third-order valence-electron chi connectivity index (χ3n) is 2.76. The third kappa shape index (κ3) is 3.26. The lowest BCUT2D eigenvalue weighted by Crippen LogP contribution is -2.21. The number of carbonyl (C=O) groups excluding carboxylic acids is 1. The zero-order valence-electron chi connectivity index (χ0n) is 11.0. The highest BCUT2D eigenvalue weighted by molar-refractivity contribution is 6.02. The number of halogens is 1. The van der Waals surface area contributed by atoms with Crippen LogP contribution in [-0.2, 0) is 0 Å². The van der Waals surface area contributed by atoms with Crippen molar-refractivity contribution in [3.8, 4) is 0 Å². The molecule has 0 atom stereocenters. The van der Waals surface area contributed by atoms with Crippen LogP contribution in [0.25, 0.3) is 0 Å². The molecule has 0 unspecified atom stereocenters. The lowest BCUT2D eigenvalue weighted by Gasteiger charge is -2.05. The summed E-state index contributed by atoms with van der Waals surface area (Å²) in [6, 6.07) is 9.39. The average molecular weight is 271 g/mol. The van der Waals surface area contributed by atoms with Gasteiger partial charge in [0.15, 0.2) is 0 Å². The maximum Gasteiger partial charge on any atom is 0.274 e. The van der Waals surface area contributed by atoms with Crippen molar-refractivity contribution in [2.75, 3.05) is 0 Å². The number of hydrazone groups is 1. The first-order valence-corrected chi connectivity index (χ1v) is 6.24. The highest BCUT2D eigenvalue weighted by Gasteiger charge is 2.10. The topological polar surface area (TPSA) is 54.4 Å². The minimum Gasteiger partial charge on any atom is -0.267 e. The summed E-state index contributed by atoms with van der Waals surface area (Å²) in [5.41, 5.74) is 3.93. The van der Waals surface area contributed by atoms with E-state index in [0.717, 1.165) is 5.56 Å². The summed E-state index contributed by atoms with van der Waals surface area (Å²) in [7, 11) is 0. The SMILES string of the molecule is CCC(=NNC(=O)c1ccccc1F)c1ccncc1. The highest BCUT2D eigenvalue weighted by Crippen LogP contribution is 2.07. The fourth-order valence-electron chi connectivity index (χ4n) is 1.72. The number of benzene rings is 1. The van der Waals surface area contributed by atoms with E-state index in [1.165, 1.54) is 18.2 Å². The molecule has 0 saturated heterocycles. The lowest BCUT2D eigenvalue weighted by atomic mass is 10.1. The fraction of sp³-hybridized carbons (Fsp3) is 0.133. The first-order chi connectivity index (χ1) is 9.72. The molecule has 1 aromatic carbocycles. The number of pyridine rings is 1. The molecule has 4 nitrogen and oxygen atoms in total. The van der Waals surface area contributed by atoms with Crippen LogP contribution in [0.5, 0.6) is 0 Å². The Bertz CT molecular complexity index is 626. The molecule has 0 fully saturated rings. The molecule has 2 aromatic rings. The molecule has 0 aliphatic rings. The van der Waals surface area contributed by atoms with Gasteiger partial charge in [0.2, 0.25) is 0 Å². The fourth-order valence-corrected chi connectivity index (χ4v) is 1.72. The normalized spacial score (nSPS) is 11.2. The molecule has 20 heavy (non-hydrogen) atoms. The van der Waals surface area contributed by atoms with Gasteiger partial charge in [0.05, 0.1) is 11.3 Å². The largest absolute Gasteiger partial charge is 0.274 e. The Balaban J connectivity index is 2.16. The number of amides is 1. The van der Waals surface area contributed by atoms with Gasteiger partial charge >= 0.3 is 0 Å². The van der Waals surface area contributed by atoms with E-state index in [4.69, 9.17) is 0 Å². The molecule has 1 amide bonds. The van der Waals surface area contributed by atoms with Crippen molar-refractivity contribution in [3.05, 3.63) is 65.7 Å². The van der Waals surface area contributed by atoms with Gasteiger partial charge < -0.3 is 0 Å². The molecule has 1 N–H and O–H groups in total. The summed E-state index contributed by atoms with van der Waals surface area (Å²) >= 11 is 0. The Hall–Kier alpha value is -2.56. The first-order valence-electron chi connectivity index (χ1n) is 6.24. The minimum atomic E-state index is -0.567. The molecule has 1 heterocycles. The number of carbonyl (C=O) groups is 1. The zero-order valence-corrected chi connectivity index (χ0v) is 11.0. The van der Waals surface area contributed by atoms with E-state index >= 15 is 0 Å². The van der Waals surface area contributed by atoms with E-state index in [1.807, 2.05) is 6.92 Å². The van der Waals surface area contributed by atoms with Crippen molar-refractivity contribution in [2.24, 2.45) is 5.10 Å². The van der Waals surface area contributed by atoms with E-state index in [9.17, 15) is 9.18 Å². The first kappa shape index (κ1) is 13.9. The van der Waals surface area contributed by atoms with Crippen LogP contribution in [0.15, 0.2) is 53.9 Å². The second-order valence-electron chi connectivity index (χ2n) is 4.07. The summed E-state index contributed by atoms with van der Waals surface area (Å²) in [6.07, 6.45) is 3.94. The Labute approximate surface area is 116 Å². The van der Waals surface area contributed by atoms with Crippen LogP contribution in [-0.4, -0.2) is 16.6 Å². The molecule has 5 heteroatoms. The Kier molecular flexibility index (Phi) is 4.55. The van der Waals surface area contributed by atoms with Crippen molar-refractivity contribution in [2.45, 2.75) is 13.3 Å². The van der Waals surface area contributed by atoms with E-state index in [2.05, 4.69) is 15.5 Å². The zero-order chi connectivity index (χ0) is 14.4. The average Bonchev–Trinajstić information content (AvgIpc) is 2.49. The number of nitrogens with one attached hydrogen (secondary N) is 1. The van der Waals surface area contributed by atoms with Crippen molar-refractivity contribution in [1.82, 2.24) is 10.4 Å². The van der Waals surface area contributed by atoms with Gasteiger partial charge in [0, 0.05) is 18.0 Å². The summed E-state index contributed by atoms with van der Waals surface area (Å²) in [5.74, 6) is -1.13. The molecule has 2 rings (SSSR count). The Morgan fingerprint density at radius 2 is 1.95 bits per heavy atom. The maximum absolute atomic E-state index is 13.5. The van der Waals surface area contributed by atoms with Crippen LogP contribution in [0.3, 0.4) is 0 Å². The van der Waals surface area contributed by atoms with Crippen molar-refractivity contribution in [3.63, 3.8) is 0 Å². The predicted molar refractivity (Wildman–Crippen MR) is 74.9 cm³/mol. The summed E-state index contributed by atoms with van der Waals surface area (Å²) in [5, 5.41) is 4.05. The molecule has 102 valence electrons. The highest BCUT2D eigenvalue weighted by atomic mass is 19.1. The van der Waals surface area contributed by atoms with Crippen molar-refractivity contribution < 1.29 is 9.18 Å². The number of hydrogen-bond donors (Lipinski definition) is 1. The summed E-state index contributed by atoms with van der Waals surface area (Å²) in [4.78, 5) is 15.8. The Morgan fingerprint density at radius 3 is 2.60 bits per heavy atom. The summed E-state index contributed by atoms with van der Waals surface area (Å²) < 4.78 is 13.5. The van der Waals surface area contributed by atoms with Gasteiger partial charge in [-0.2, -0.15) is 5.10 Å². The molecule has 0 radical (unpaired) electrons. The molecule has 0 spiro atoms. The molecular formula is C15H14FN3O. The van der Waals surface area contributed by atoms with Gasteiger partial charge in [-0.3, -0.25) is 9.78 Å². The van der Waals surface area contributed by atoms with Crippen LogP contribution >= 0.6 is 0 Å². The van der Waals surface area contributed by atoms with Crippen LogP contribution in [0.2, 0.25) is 0 Å². The second-order valence-corrected chi connectivity index (χ2v) is 4.07. The van der Waals surface area contributed by atoms with Gasteiger partial charge in [0.1, 0.15) is 5.82 Å². The molecular weight excluding hydrogens is 257 g/mol. The monoisotopic (exact) mass is 271 g/mol. The summed E-state index contributed by atoms with van der Waals surface area (Å²) in [6.45, 7) is 1.93. The van der Waals surface area contributed by atoms with Crippen molar-refractivity contribution >= 4 is 11.6 Å². The molecule has 1 aromatic heterocycles. The van der Waals surface area contributed by atoms with E-state index < -0.39 is 11.7 Å². The molecule has 0 bridgehead atoms. The van der Waals surface area contributed by atoms with Gasteiger partial charge in [-0.1, -0.05) is 19.1 Å². The quantitative estimate of drug-likeness (QED) is 0.686. The predicted octanol–water partition coefficient (Wildman–Crippen LogP) is 2.76. The number of rotatable bonds is 4. The number of aromatic nitrogens is 1. The standard InChI is InChI=1S/C15H14FN3O/c1-2-14(11-7-9-17-10-8-11)18-19-15(20)12-5-3-4-6-13(12)16/h3-10H,2H2,1H3,(H,19,20). The van der Waals surface area contributed by atoms with E-state index in [1.54, 1.807) is 30.6 Å². The van der Waals surface area contributed by atoms with Gasteiger partial charge in [-0.05, 0) is 30.7 Å². The van der Waals surface area contributed by atoms with Crippen molar-refractivity contribution in [1.29, 1.82) is 0 Å². The molecule has 0 saturated carbocycles. The van der Waals surface area contributed by atoms with Gasteiger partial charge in [-0.15, -0.1) is 0 Å². The van der Waals surface area contributed by atoms with Crippen LogP contribution in [0.4, 0.5) is 4.39 Å². The second kappa shape index (κ2) is 6.56. The molecule has 0 aliphatic heterocycles. The van der Waals surface area contributed by atoms with Gasteiger partial charge in [-0.25, -0.2) is 9.82 Å². The maximum atomic E-state index is 13.5. The third-order valence-corrected chi connectivity index (χ3v) is 2.76. The minimum absolute atomic E-state index is 0.0265. The van der Waals surface area contributed by atoms with Crippen LogP contribution in [0, 0.1) is 5.82 Å². The Morgan fingerprint density at radius 1 is 1.25 bits per heavy atom. The number of hydrogen-bond acceptors (Lipinski definition) is 3. The van der Waals surface area contributed by atoms with Gasteiger partial charge in [0.25, 0.3) is 5.91 Å². The number of nitrogens with zero attached hydrogens (tertiary/aromatic N) is 2.